The molecular formula is C19H22O2. The molecule has 0 radical (unpaired) electrons. The fraction of sp³-hybridized carbons (Fsp3) is 0.263. The van der Waals surface area contributed by atoms with Crippen LogP contribution in [0.3, 0.4) is 0 Å². The molecule has 2 aromatic rings. The number of hydrogen-bond acceptors (Lipinski definition) is 2. The molecule has 2 heteroatoms. The summed E-state index contributed by atoms with van der Waals surface area (Å²) in [5.41, 5.74) is 5.99. The number of rotatable bonds is 4. The molecule has 0 saturated carbocycles. The van der Waals surface area contributed by atoms with E-state index in [1.165, 1.54) is 22.3 Å². The summed E-state index contributed by atoms with van der Waals surface area (Å²) >= 11 is 0. The van der Waals surface area contributed by atoms with Crippen LogP contribution < -0.4 is 9.47 Å². The Morgan fingerprint density at radius 2 is 1.62 bits per heavy atom. The molecule has 0 heterocycles. The van der Waals surface area contributed by atoms with Crippen molar-refractivity contribution in [1.82, 2.24) is 0 Å². The van der Waals surface area contributed by atoms with Crippen molar-refractivity contribution in [3.63, 3.8) is 0 Å². The van der Waals surface area contributed by atoms with Gasteiger partial charge < -0.3 is 9.47 Å². The molecule has 0 unspecified atom stereocenters. The van der Waals surface area contributed by atoms with Crippen LogP contribution in [0, 0.1) is 13.8 Å². The standard InChI is InChI=1S/C19H22O2/c1-13-11-17(12-19(21-5)15(13)3)14(2)10-16-6-8-18(20-4)9-7-16/h6-12H,1-5H3/b14-10+. The van der Waals surface area contributed by atoms with Crippen LogP contribution in [0.1, 0.15) is 29.2 Å². The predicted molar refractivity (Wildman–Crippen MR) is 89.0 cm³/mol. The molecule has 0 aromatic heterocycles. The largest absolute Gasteiger partial charge is 0.497 e. The molecule has 0 spiro atoms. The fourth-order valence-corrected chi connectivity index (χ4v) is 2.30. The zero-order valence-electron chi connectivity index (χ0n) is 13.4. The molecule has 110 valence electrons. The van der Waals surface area contributed by atoms with Gasteiger partial charge in [-0.05, 0) is 66.8 Å². The molecule has 0 atom stereocenters. The maximum absolute atomic E-state index is 5.45. The minimum atomic E-state index is 0.873. The summed E-state index contributed by atoms with van der Waals surface area (Å²) in [6.45, 7) is 6.32. The molecule has 0 aliphatic rings. The third-order valence-electron chi connectivity index (χ3n) is 3.79. The lowest BCUT2D eigenvalue weighted by Gasteiger charge is -2.11. The highest BCUT2D eigenvalue weighted by atomic mass is 16.5. The summed E-state index contributed by atoms with van der Waals surface area (Å²) in [5, 5.41) is 0. The second-order valence-corrected chi connectivity index (χ2v) is 5.22. The summed E-state index contributed by atoms with van der Waals surface area (Å²) < 4.78 is 10.6. The van der Waals surface area contributed by atoms with Crippen molar-refractivity contribution in [2.75, 3.05) is 14.2 Å². The predicted octanol–water partition coefficient (Wildman–Crippen LogP) is 4.88. The van der Waals surface area contributed by atoms with Gasteiger partial charge in [-0.2, -0.15) is 0 Å². The molecule has 0 amide bonds. The first-order chi connectivity index (χ1) is 10.0. The molecule has 2 aromatic carbocycles. The van der Waals surface area contributed by atoms with Gasteiger partial charge in [-0.1, -0.05) is 24.3 Å². The molecule has 0 aliphatic heterocycles. The number of aryl methyl sites for hydroxylation is 1. The summed E-state index contributed by atoms with van der Waals surface area (Å²) in [6, 6.07) is 12.4. The number of methoxy groups -OCH3 is 2. The van der Waals surface area contributed by atoms with Gasteiger partial charge in [0.1, 0.15) is 11.5 Å². The van der Waals surface area contributed by atoms with Crippen LogP contribution in [-0.4, -0.2) is 14.2 Å². The second kappa shape index (κ2) is 6.49. The van der Waals surface area contributed by atoms with Gasteiger partial charge in [0, 0.05) is 0 Å². The Kier molecular flexibility index (Phi) is 4.69. The number of hydrogen-bond donors (Lipinski definition) is 0. The lowest BCUT2D eigenvalue weighted by Crippen LogP contribution is -1.93. The van der Waals surface area contributed by atoms with Crippen LogP contribution in [0.15, 0.2) is 36.4 Å². The topological polar surface area (TPSA) is 18.5 Å². The Hall–Kier alpha value is -2.22. The Balaban J connectivity index is 2.36. The normalized spacial score (nSPS) is 11.4. The first-order valence-electron chi connectivity index (χ1n) is 7.03. The molecule has 21 heavy (non-hydrogen) atoms. The van der Waals surface area contributed by atoms with Gasteiger partial charge in [0.15, 0.2) is 0 Å². The van der Waals surface area contributed by atoms with Crippen molar-refractivity contribution in [3.05, 3.63) is 58.7 Å². The zero-order chi connectivity index (χ0) is 15.4. The van der Waals surface area contributed by atoms with Crippen LogP contribution in [0.5, 0.6) is 11.5 Å². The number of ether oxygens (including phenoxy) is 2. The van der Waals surface area contributed by atoms with Crippen LogP contribution in [0.2, 0.25) is 0 Å². The SMILES string of the molecule is COc1ccc(/C=C(\C)c2cc(C)c(C)c(OC)c2)cc1. The quantitative estimate of drug-likeness (QED) is 0.744. The van der Waals surface area contributed by atoms with E-state index in [-0.39, 0.29) is 0 Å². The maximum Gasteiger partial charge on any atom is 0.122 e. The Labute approximate surface area is 127 Å². The zero-order valence-corrected chi connectivity index (χ0v) is 13.4. The van der Waals surface area contributed by atoms with E-state index < -0.39 is 0 Å². The third kappa shape index (κ3) is 3.46. The molecule has 0 bridgehead atoms. The molecule has 0 N–H and O–H groups in total. The van der Waals surface area contributed by atoms with Gasteiger partial charge >= 0.3 is 0 Å². The van der Waals surface area contributed by atoms with Gasteiger partial charge in [-0.25, -0.2) is 0 Å². The van der Waals surface area contributed by atoms with E-state index in [1.54, 1.807) is 14.2 Å². The van der Waals surface area contributed by atoms with Gasteiger partial charge in [-0.3, -0.25) is 0 Å². The average molecular weight is 282 g/mol. The highest BCUT2D eigenvalue weighted by Gasteiger charge is 2.06. The van der Waals surface area contributed by atoms with Gasteiger partial charge in [-0.15, -0.1) is 0 Å². The summed E-state index contributed by atoms with van der Waals surface area (Å²) in [7, 11) is 3.39. The fourth-order valence-electron chi connectivity index (χ4n) is 2.30. The van der Waals surface area contributed by atoms with E-state index in [0.717, 1.165) is 17.1 Å². The minimum absolute atomic E-state index is 0.873. The van der Waals surface area contributed by atoms with Gasteiger partial charge in [0.25, 0.3) is 0 Å². The van der Waals surface area contributed by atoms with E-state index in [2.05, 4.69) is 51.1 Å². The molecule has 2 rings (SSSR count). The van der Waals surface area contributed by atoms with E-state index in [0.29, 0.717) is 0 Å². The van der Waals surface area contributed by atoms with Gasteiger partial charge in [0.05, 0.1) is 14.2 Å². The molecule has 0 saturated heterocycles. The van der Waals surface area contributed by atoms with Crippen LogP contribution in [-0.2, 0) is 0 Å². The first-order valence-corrected chi connectivity index (χ1v) is 7.03. The van der Waals surface area contributed by atoms with E-state index in [9.17, 15) is 0 Å². The van der Waals surface area contributed by atoms with Crippen molar-refractivity contribution < 1.29 is 9.47 Å². The smallest absolute Gasteiger partial charge is 0.122 e. The van der Waals surface area contributed by atoms with Crippen molar-refractivity contribution in [3.8, 4) is 11.5 Å². The highest BCUT2D eigenvalue weighted by molar-refractivity contribution is 5.81. The molecule has 0 fully saturated rings. The Morgan fingerprint density at radius 1 is 0.952 bits per heavy atom. The first kappa shape index (κ1) is 15.2. The van der Waals surface area contributed by atoms with Crippen molar-refractivity contribution in [2.24, 2.45) is 0 Å². The van der Waals surface area contributed by atoms with Crippen molar-refractivity contribution in [1.29, 1.82) is 0 Å². The number of benzene rings is 2. The molecule has 0 aliphatic carbocycles. The maximum atomic E-state index is 5.45. The van der Waals surface area contributed by atoms with Crippen LogP contribution in [0.25, 0.3) is 11.6 Å². The lowest BCUT2D eigenvalue weighted by atomic mass is 9.99. The van der Waals surface area contributed by atoms with E-state index in [4.69, 9.17) is 9.47 Å². The Bertz CT molecular complexity index is 652. The number of allylic oxidation sites excluding steroid dienone is 1. The summed E-state index contributed by atoms with van der Waals surface area (Å²) in [5.74, 6) is 1.81. The third-order valence-corrected chi connectivity index (χ3v) is 3.79. The Morgan fingerprint density at radius 3 is 2.19 bits per heavy atom. The highest BCUT2D eigenvalue weighted by Crippen LogP contribution is 2.28. The lowest BCUT2D eigenvalue weighted by molar-refractivity contribution is 0.411. The molecular weight excluding hydrogens is 260 g/mol. The monoisotopic (exact) mass is 282 g/mol. The summed E-state index contributed by atoms with van der Waals surface area (Å²) in [4.78, 5) is 0. The molecule has 2 nitrogen and oxygen atoms in total. The van der Waals surface area contributed by atoms with Crippen molar-refractivity contribution >= 4 is 11.6 Å². The van der Waals surface area contributed by atoms with Crippen molar-refractivity contribution in [2.45, 2.75) is 20.8 Å². The van der Waals surface area contributed by atoms with E-state index >= 15 is 0 Å². The second-order valence-electron chi connectivity index (χ2n) is 5.22. The summed E-state index contributed by atoms with van der Waals surface area (Å²) in [6.07, 6.45) is 2.17. The average Bonchev–Trinajstić information content (AvgIpc) is 2.50. The van der Waals surface area contributed by atoms with Gasteiger partial charge in [0.2, 0.25) is 0 Å². The van der Waals surface area contributed by atoms with Crippen LogP contribution >= 0.6 is 0 Å². The minimum Gasteiger partial charge on any atom is -0.497 e. The van der Waals surface area contributed by atoms with Crippen LogP contribution in [0.4, 0.5) is 0 Å². The van der Waals surface area contributed by atoms with E-state index in [1.807, 2.05) is 12.1 Å².